The lowest BCUT2D eigenvalue weighted by molar-refractivity contribution is -0.482. The highest BCUT2D eigenvalue weighted by atomic mass is 79.9. The molecule has 3 rings (SSSR count). The second-order valence-electron chi connectivity index (χ2n) is 9.12. The third-order valence-corrected chi connectivity index (χ3v) is 7.54. The van der Waals surface area contributed by atoms with Gasteiger partial charge in [-0.05, 0) is 66.5 Å². The smallest absolute Gasteiger partial charge is 0.274 e. The molecule has 3 aromatic rings. The van der Waals surface area contributed by atoms with Gasteiger partial charge in [0, 0.05) is 24.1 Å². The molecular weight excluding hydrogens is 616 g/mol. The standard InChI is InChI=1S/C23H22BrClN8O5S/c1-13-8-14(11-26)9-15(21(34)29-23(2,3)12-39(4,38)31-33(36)37)19(13)28-22(35)17-10-18(24)30-32(17)20-16(25)6-5-7-27-20/h5-10H,12H2,1-4H3,(H,28,35)(H,29,34). The van der Waals surface area contributed by atoms with Crippen LogP contribution in [0, 0.1) is 28.4 Å². The Kier molecular flexibility index (Phi) is 8.74. The van der Waals surface area contributed by atoms with Crippen LogP contribution in [0.15, 0.2) is 45.6 Å². The highest BCUT2D eigenvalue weighted by Gasteiger charge is 2.29. The van der Waals surface area contributed by atoms with E-state index in [2.05, 4.69) is 41.1 Å². The summed E-state index contributed by atoms with van der Waals surface area (Å²) in [5.74, 6) is -1.50. The number of nitrogens with one attached hydrogen (secondary N) is 2. The monoisotopic (exact) mass is 636 g/mol. The van der Waals surface area contributed by atoms with E-state index in [9.17, 15) is 29.2 Å². The van der Waals surface area contributed by atoms with Crippen LogP contribution in [0.2, 0.25) is 5.02 Å². The Bertz CT molecular complexity index is 1660. The minimum absolute atomic E-state index is 0.0463. The third-order valence-electron chi connectivity index (χ3n) is 5.12. The molecule has 0 radical (unpaired) electrons. The van der Waals surface area contributed by atoms with Crippen molar-refractivity contribution in [3.63, 3.8) is 0 Å². The minimum atomic E-state index is -3.28. The second-order valence-corrected chi connectivity index (χ2v) is 12.7. The molecule has 0 saturated carbocycles. The SMILES string of the molecule is Cc1cc(C#N)cc(C(=O)NC(C)(C)CS(C)(=O)=N[N+](=O)[O-])c1NC(=O)c1cc(Br)nn1-c1ncccc1Cl. The predicted molar refractivity (Wildman–Crippen MR) is 148 cm³/mol. The molecule has 16 heteroatoms. The first kappa shape index (κ1) is 29.7. The fraction of sp³-hybridized carbons (Fsp3) is 0.261. The number of nitro groups is 1. The number of amides is 2. The van der Waals surface area contributed by atoms with E-state index in [0.717, 1.165) is 6.26 Å². The number of nitriles is 1. The summed E-state index contributed by atoms with van der Waals surface area (Å²) in [6, 6.07) is 9.41. The largest absolute Gasteiger partial charge is 0.346 e. The summed E-state index contributed by atoms with van der Waals surface area (Å²) in [5, 5.41) is 29.0. The summed E-state index contributed by atoms with van der Waals surface area (Å²) in [6.07, 6.45) is 2.60. The van der Waals surface area contributed by atoms with Crippen molar-refractivity contribution in [2.45, 2.75) is 26.3 Å². The highest BCUT2D eigenvalue weighted by molar-refractivity contribution is 9.10. The number of aromatic nitrogens is 3. The van der Waals surface area contributed by atoms with Crippen molar-refractivity contribution >= 4 is 54.8 Å². The molecule has 2 heterocycles. The van der Waals surface area contributed by atoms with E-state index in [4.69, 9.17) is 11.6 Å². The van der Waals surface area contributed by atoms with Crippen molar-refractivity contribution in [3.8, 4) is 11.9 Å². The molecule has 39 heavy (non-hydrogen) atoms. The number of halogens is 2. The summed E-state index contributed by atoms with van der Waals surface area (Å²) < 4.78 is 17.1. The van der Waals surface area contributed by atoms with Crippen LogP contribution in [0.4, 0.5) is 5.69 Å². The summed E-state index contributed by atoms with van der Waals surface area (Å²) in [5.41, 5.74) is -0.541. The fourth-order valence-corrected chi connectivity index (χ4v) is 6.16. The Hall–Kier alpha value is -3.87. The summed E-state index contributed by atoms with van der Waals surface area (Å²) in [7, 11) is -3.28. The van der Waals surface area contributed by atoms with Gasteiger partial charge in [0.2, 0.25) is 0 Å². The van der Waals surface area contributed by atoms with Gasteiger partial charge in [0.15, 0.2) is 10.9 Å². The number of anilines is 1. The molecular formula is C23H22BrClN8O5S. The van der Waals surface area contributed by atoms with Crippen molar-refractivity contribution in [2.24, 2.45) is 4.47 Å². The number of carbonyl (C=O) groups is 2. The van der Waals surface area contributed by atoms with Crippen LogP contribution in [0.3, 0.4) is 0 Å². The number of hydrogen-bond acceptors (Lipinski definition) is 8. The van der Waals surface area contributed by atoms with E-state index < -0.39 is 32.1 Å². The molecule has 1 atom stereocenters. The maximum absolute atomic E-state index is 13.4. The zero-order valence-electron chi connectivity index (χ0n) is 21.1. The molecule has 0 fully saturated rings. The molecule has 2 amide bonds. The second kappa shape index (κ2) is 11.5. The first-order valence-corrected chi connectivity index (χ1v) is 14.3. The lowest BCUT2D eigenvalue weighted by atomic mass is 10.0. The van der Waals surface area contributed by atoms with Gasteiger partial charge < -0.3 is 10.6 Å². The van der Waals surface area contributed by atoms with Gasteiger partial charge in [-0.2, -0.15) is 10.4 Å². The van der Waals surface area contributed by atoms with Crippen LogP contribution in [-0.4, -0.2) is 53.4 Å². The normalized spacial score (nSPS) is 12.6. The van der Waals surface area contributed by atoms with Crippen LogP contribution < -0.4 is 10.6 Å². The average Bonchev–Trinajstić information content (AvgIpc) is 3.19. The van der Waals surface area contributed by atoms with Crippen LogP contribution >= 0.6 is 27.5 Å². The quantitative estimate of drug-likeness (QED) is 0.275. The number of pyridine rings is 1. The molecule has 1 aromatic carbocycles. The average molecular weight is 638 g/mol. The first-order chi connectivity index (χ1) is 18.1. The van der Waals surface area contributed by atoms with Crippen LogP contribution in [0.25, 0.3) is 5.82 Å². The van der Waals surface area contributed by atoms with Gasteiger partial charge in [0.1, 0.15) is 24.5 Å². The predicted octanol–water partition coefficient (Wildman–Crippen LogP) is 3.91. The van der Waals surface area contributed by atoms with E-state index in [1.54, 1.807) is 19.1 Å². The lowest BCUT2D eigenvalue weighted by Crippen LogP contribution is -2.48. The topological polar surface area (TPSA) is 185 Å². The van der Waals surface area contributed by atoms with Gasteiger partial charge in [-0.1, -0.05) is 11.6 Å². The molecule has 0 aliphatic rings. The number of hydrogen-bond donors (Lipinski definition) is 2. The molecule has 0 saturated heterocycles. The van der Waals surface area contributed by atoms with Gasteiger partial charge in [0.05, 0.1) is 33.7 Å². The van der Waals surface area contributed by atoms with E-state index in [1.807, 2.05) is 6.07 Å². The summed E-state index contributed by atoms with van der Waals surface area (Å²) in [6.45, 7) is 4.65. The minimum Gasteiger partial charge on any atom is -0.346 e. The summed E-state index contributed by atoms with van der Waals surface area (Å²) in [4.78, 5) is 41.7. The van der Waals surface area contributed by atoms with E-state index in [0.29, 0.717) is 10.2 Å². The molecule has 0 aliphatic carbocycles. The zero-order chi connectivity index (χ0) is 29.1. The Morgan fingerprint density at radius 2 is 2.03 bits per heavy atom. The number of aryl methyl sites for hydroxylation is 1. The number of nitrogens with zero attached hydrogens (tertiary/aromatic N) is 6. The molecule has 0 spiro atoms. The number of carbonyl (C=O) groups excluding carboxylic acids is 2. The molecule has 2 N–H and O–H groups in total. The van der Waals surface area contributed by atoms with Crippen LogP contribution in [0.5, 0.6) is 0 Å². The third kappa shape index (κ3) is 7.37. The van der Waals surface area contributed by atoms with Crippen LogP contribution in [-0.2, 0) is 9.73 Å². The molecule has 1 unspecified atom stereocenters. The van der Waals surface area contributed by atoms with E-state index >= 15 is 0 Å². The first-order valence-electron chi connectivity index (χ1n) is 11.0. The van der Waals surface area contributed by atoms with Crippen molar-refractivity contribution in [2.75, 3.05) is 17.3 Å². The Morgan fingerprint density at radius 3 is 2.64 bits per heavy atom. The number of benzene rings is 1. The fourth-order valence-electron chi connectivity index (χ4n) is 3.83. The highest BCUT2D eigenvalue weighted by Crippen LogP contribution is 2.27. The maximum Gasteiger partial charge on any atom is 0.274 e. The Balaban J connectivity index is 2.00. The van der Waals surface area contributed by atoms with Crippen molar-refractivity contribution in [3.05, 3.63) is 78.7 Å². The van der Waals surface area contributed by atoms with Crippen LogP contribution in [0.1, 0.15) is 45.8 Å². The molecule has 2 aromatic heterocycles. The molecule has 204 valence electrons. The molecule has 0 aliphatic heterocycles. The van der Waals surface area contributed by atoms with E-state index in [-0.39, 0.29) is 39.1 Å². The van der Waals surface area contributed by atoms with Crippen molar-refractivity contribution in [1.29, 1.82) is 5.26 Å². The van der Waals surface area contributed by atoms with Gasteiger partial charge >= 0.3 is 0 Å². The van der Waals surface area contributed by atoms with Gasteiger partial charge in [-0.15, -0.1) is 0 Å². The lowest BCUT2D eigenvalue weighted by Gasteiger charge is -2.26. The Morgan fingerprint density at radius 1 is 1.33 bits per heavy atom. The van der Waals surface area contributed by atoms with Gasteiger partial charge in [0.25, 0.3) is 11.8 Å². The Labute approximate surface area is 237 Å². The van der Waals surface area contributed by atoms with E-state index in [1.165, 1.54) is 42.9 Å². The zero-order valence-corrected chi connectivity index (χ0v) is 24.2. The van der Waals surface area contributed by atoms with Crippen molar-refractivity contribution in [1.82, 2.24) is 20.1 Å². The summed E-state index contributed by atoms with van der Waals surface area (Å²) >= 11 is 9.49. The van der Waals surface area contributed by atoms with Gasteiger partial charge in [-0.25, -0.2) is 24.0 Å². The molecule has 13 nitrogen and oxygen atoms in total. The number of rotatable bonds is 8. The molecule has 0 bridgehead atoms. The van der Waals surface area contributed by atoms with Crippen molar-refractivity contribution < 1.29 is 18.8 Å². The maximum atomic E-state index is 13.4. The van der Waals surface area contributed by atoms with Gasteiger partial charge in [-0.3, -0.25) is 9.59 Å².